The van der Waals surface area contributed by atoms with E-state index in [4.69, 9.17) is 9.47 Å². The van der Waals surface area contributed by atoms with Crippen LogP contribution in [0.5, 0.6) is 5.75 Å². The smallest absolute Gasteiger partial charge is 0.230 e. The Balaban J connectivity index is 1.78. The number of benzene rings is 1. The zero-order valence-corrected chi connectivity index (χ0v) is 12.5. The fourth-order valence-electron chi connectivity index (χ4n) is 3.43. The summed E-state index contributed by atoms with van der Waals surface area (Å²) in [6, 6.07) is 5.30. The van der Waals surface area contributed by atoms with Gasteiger partial charge in [0.1, 0.15) is 5.75 Å². The van der Waals surface area contributed by atoms with Gasteiger partial charge in [-0.3, -0.25) is 4.79 Å². The molecule has 0 aliphatic carbocycles. The molecule has 1 aromatic carbocycles. The maximum atomic E-state index is 12.5. The monoisotopic (exact) mass is 304 g/mol. The van der Waals surface area contributed by atoms with E-state index in [2.05, 4.69) is 5.32 Å². The predicted molar refractivity (Wildman–Crippen MR) is 76.2 cm³/mol. The van der Waals surface area contributed by atoms with Crippen molar-refractivity contribution in [2.24, 2.45) is 11.8 Å². The van der Waals surface area contributed by atoms with Crippen molar-refractivity contribution in [1.82, 2.24) is 0 Å². The quantitative estimate of drug-likeness (QED) is 0.874. The summed E-state index contributed by atoms with van der Waals surface area (Å²) in [6.07, 6.45) is 0.664. The van der Waals surface area contributed by atoms with Crippen LogP contribution in [0.25, 0.3) is 0 Å². The van der Waals surface area contributed by atoms with Crippen LogP contribution in [0.15, 0.2) is 18.2 Å². The average molecular weight is 304 g/mol. The van der Waals surface area contributed by atoms with Gasteiger partial charge in [0.05, 0.1) is 25.2 Å². The second kappa shape index (κ2) is 5.61. The van der Waals surface area contributed by atoms with Crippen LogP contribution in [0.1, 0.15) is 18.4 Å². The molecule has 0 aromatic heterocycles. The molecular weight excluding hydrogens is 286 g/mol. The van der Waals surface area contributed by atoms with Crippen molar-refractivity contribution in [2.45, 2.75) is 32.0 Å². The highest BCUT2D eigenvalue weighted by Gasteiger charge is 2.52. The highest BCUT2D eigenvalue weighted by molar-refractivity contribution is 5.96. The van der Waals surface area contributed by atoms with Gasteiger partial charge in [0, 0.05) is 17.6 Å². The third-order valence-corrected chi connectivity index (χ3v) is 4.54. The van der Waals surface area contributed by atoms with Crippen LogP contribution in [-0.4, -0.2) is 31.2 Å². The van der Waals surface area contributed by atoms with Crippen LogP contribution in [0.3, 0.4) is 0 Å². The molecule has 2 heterocycles. The number of nitrogens with one attached hydrogen (secondary N) is 1. The largest absolute Gasteiger partial charge is 0.550 e. The highest BCUT2D eigenvalue weighted by Crippen LogP contribution is 2.43. The number of carbonyl (C=O) groups excluding carboxylic acids is 2. The molecule has 0 unspecified atom stereocenters. The van der Waals surface area contributed by atoms with Gasteiger partial charge in [0.2, 0.25) is 5.91 Å². The minimum Gasteiger partial charge on any atom is -0.550 e. The molecule has 118 valence electrons. The van der Waals surface area contributed by atoms with Crippen LogP contribution in [0.2, 0.25) is 0 Å². The number of anilines is 1. The summed E-state index contributed by atoms with van der Waals surface area (Å²) >= 11 is 0. The summed E-state index contributed by atoms with van der Waals surface area (Å²) in [5, 5.41) is 14.1. The Morgan fingerprint density at radius 3 is 2.55 bits per heavy atom. The first-order valence-electron chi connectivity index (χ1n) is 7.33. The number of methoxy groups -OCH3 is 1. The lowest BCUT2D eigenvalue weighted by molar-refractivity contribution is -0.313. The molecule has 2 aliphatic heterocycles. The molecule has 3 rings (SSSR count). The van der Waals surface area contributed by atoms with Gasteiger partial charge >= 0.3 is 0 Å². The number of aryl methyl sites for hydroxylation is 1. The highest BCUT2D eigenvalue weighted by atomic mass is 16.5. The molecule has 6 nitrogen and oxygen atoms in total. The number of ether oxygens (including phenoxy) is 2. The number of carboxylic acids is 1. The van der Waals surface area contributed by atoms with Gasteiger partial charge in [-0.25, -0.2) is 0 Å². The molecule has 6 heteroatoms. The molecule has 0 spiro atoms. The first-order chi connectivity index (χ1) is 10.5. The second-order valence-electron chi connectivity index (χ2n) is 5.83. The van der Waals surface area contributed by atoms with Crippen LogP contribution in [0.4, 0.5) is 5.69 Å². The van der Waals surface area contributed by atoms with E-state index in [0.29, 0.717) is 24.3 Å². The van der Waals surface area contributed by atoms with Gasteiger partial charge in [0.25, 0.3) is 0 Å². The van der Waals surface area contributed by atoms with Gasteiger partial charge < -0.3 is 24.7 Å². The van der Waals surface area contributed by atoms with E-state index < -0.39 is 23.9 Å². The number of carboxylic acid groups (broad SMARTS) is 1. The molecule has 4 atom stereocenters. The maximum absolute atomic E-state index is 12.5. The van der Waals surface area contributed by atoms with E-state index in [1.54, 1.807) is 19.2 Å². The minimum atomic E-state index is -1.21. The number of rotatable bonds is 4. The lowest BCUT2D eigenvalue weighted by Gasteiger charge is -2.27. The van der Waals surface area contributed by atoms with E-state index >= 15 is 0 Å². The van der Waals surface area contributed by atoms with Crippen molar-refractivity contribution in [3.8, 4) is 5.75 Å². The Morgan fingerprint density at radius 1 is 1.27 bits per heavy atom. The van der Waals surface area contributed by atoms with Gasteiger partial charge in [-0.2, -0.15) is 0 Å². The zero-order valence-electron chi connectivity index (χ0n) is 12.5. The van der Waals surface area contributed by atoms with Crippen molar-refractivity contribution in [3.63, 3.8) is 0 Å². The van der Waals surface area contributed by atoms with Crippen LogP contribution < -0.4 is 15.2 Å². The van der Waals surface area contributed by atoms with Gasteiger partial charge in [-0.1, -0.05) is 0 Å². The summed E-state index contributed by atoms with van der Waals surface area (Å²) in [5.74, 6) is -2.39. The topological polar surface area (TPSA) is 87.7 Å². The second-order valence-corrected chi connectivity index (χ2v) is 5.83. The number of carbonyl (C=O) groups is 2. The van der Waals surface area contributed by atoms with Crippen LogP contribution in [0, 0.1) is 18.8 Å². The fraction of sp³-hybridized carbons (Fsp3) is 0.500. The molecule has 22 heavy (non-hydrogen) atoms. The Morgan fingerprint density at radius 2 is 1.95 bits per heavy atom. The van der Waals surface area contributed by atoms with Crippen molar-refractivity contribution in [2.75, 3.05) is 12.4 Å². The van der Waals surface area contributed by atoms with Crippen molar-refractivity contribution in [1.29, 1.82) is 0 Å². The Bertz CT molecular complexity index is 615. The van der Waals surface area contributed by atoms with Crippen LogP contribution >= 0.6 is 0 Å². The van der Waals surface area contributed by atoms with Crippen molar-refractivity contribution in [3.05, 3.63) is 23.8 Å². The number of hydrogen-bond donors (Lipinski definition) is 1. The molecule has 1 amide bonds. The third-order valence-electron chi connectivity index (χ3n) is 4.54. The zero-order chi connectivity index (χ0) is 15.9. The maximum Gasteiger partial charge on any atom is 0.230 e. The number of amides is 1. The molecule has 0 radical (unpaired) electrons. The molecule has 1 N–H and O–H groups in total. The Labute approximate surface area is 128 Å². The molecule has 2 saturated heterocycles. The molecule has 2 fully saturated rings. The predicted octanol–water partition coefficient (Wildman–Crippen LogP) is 0.486. The van der Waals surface area contributed by atoms with E-state index in [-0.39, 0.29) is 12.0 Å². The lowest BCUT2D eigenvalue weighted by Crippen LogP contribution is -2.46. The molecule has 1 aromatic rings. The Kier molecular flexibility index (Phi) is 3.78. The van der Waals surface area contributed by atoms with Gasteiger partial charge in [-0.05, 0) is 43.5 Å². The summed E-state index contributed by atoms with van der Waals surface area (Å²) in [7, 11) is 1.57. The van der Waals surface area contributed by atoms with Crippen LogP contribution in [-0.2, 0) is 14.3 Å². The SMILES string of the molecule is COc1ccc(NC(=O)[C@H]2[C@@H](C(=O)[O-])[C@H]3CC[C@@H]2O3)c(C)c1. The lowest BCUT2D eigenvalue weighted by atomic mass is 9.78. The third kappa shape index (κ3) is 2.43. The first kappa shape index (κ1) is 14.8. The number of aliphatic carboxylic acids is 1. The average Bonchev–Trinajstić information content (AvgIpc) is 3.09. The van der Waals surface area contributed by atoms with Gasteiger partial charge in [-0.15, -0.1) is 0 Å². The normalized spacial score (nSPS) is 29.4. The molecular formula is C16H18NO5-. The molecule has 0 saturated carbocycles. The number of hydrogen-bond acceptors (Lipinski definition) is 5. The van der Waals surface area contributed by atoms with Gasteiger partial charge in [0.15, 0.2) is 0 Å². The molecule has 2 bridgehead atoms. The first-order valence-corrected chi connectivity index (χ1v) is 7.33. The van der Waals surface area contributed by atoms with Crippen molar-refractivity contribution >= 4 is 17.6 Å². The van der Waals surface area contributed by atoms with E-state index in [9.17, 15) is 14.7 Å². The van der Waals surface area contributed by atoms with Crippen molar-refractivity contribution < 1.29 is 24.2 Å². The molecule has 2 aliphatic rings. The minimum absolute atomic E-state index is 0.324. The summed E-state index contributed by atoms with van der Waals surface area (Å²) in [4.78, 5) is 23.8. The standard InChI is InChI=1S/C16H19NO5/c1-8-7-9(21-2)3-4-10(8)17-15(18)13-11-5-6-12(22-11)14(13)16(19)20/h3-4,7,11-14H,5-6H2,1-2H3,(H,17,18)(H,19,20)/p-1/t11-,12+,13+,14-/m0/s1. The summed E-state index contributed by atoms with van der Waals surface area (Å²) in [6.45, 7) is 1.85. The summed E-state index contributed by atoms with van der Waals surface area (Å²) in [5.41, 5.74) is 1.49. The Hall–Kier alpha value is -2.08. The van der Waals surface area contributed by atoms with E-state index in [1.165, 1.54) is 0 Å². The van der Waals surface area contributed by atoms with E-state index in [0.717, 1.165) is 5.56 Å². The number of fused-ring (bicyclic) bond motifs is 2. The fourth-order valence-corrected chi connectivity index (χ4v) is 3.43. The summed E-state index contributed by atoms with van der Waals surface area (Å²) < 4.78 is 10.7. The van der Waals surface area contributed by atoms with E-state index in [1.807, 2.05) is 13.0 Å².